The molecule has 0 aliphatic rings. The number of nitrogen functional groups attached to an aromatic ring is 1. The molecular weight excluding hydrogens is 322 g/mol. The van der Waals surface area contributed by atoms with Crippen LogP contribution < -0.4 is 11.1 Å². The number of hydrogen-bond acceptors (Lipinski definition) is 3. The second-order valence-corrected chi connectivity index (χ2v) is 6.70. The maximum absolute atomic E-state index is 12.3. The lowest BCUT2D eigenvalue weighted by Crippen LogP contribution is -2.13. The molecule has 1 heterocycles. The van der Waals surface area contributed by atoms with E-state index in [2.05, 4.69) is 43.2 Å². The van der Waals surface area contributed by atoms with E-state index in [0.717, 1.165) is 22.3 Å². The molecule has 0 bridgehead atoms. The maximum Gasteiger partial charge on any atom is 0.256 e. The first-order chi connectivity index (χ1) is 12.3. The highest BCUT2D eigenvalue weighted by Crippen LogP contribution is 2.30. The Bertz CT molecular complexity index is 975. The van der Waals surface area contributed by atoms with Crippen LogP contribution in [0.5, 0.6) is 0 Å². The summed E-state index contributed by atoms with van der Waals surface area (Å²) < 4.78 is 0. The standard InChI is InChI=1S/C22H23N3O/c1-13-5-7-17(8-6-13)22(26)25-20-10-9-18(21(23)24-20)19-12-15(3)14(2)11-16(19)4/h5-12H,1-4H3,(H3,23,24,25,26). The normalized spacial score (nSPS) is 10.6. The Labute approximate surface area is 154 Å². The number of rotatable bonds is 3. The van der Waals surface area contributed by atoms with Crippen molar-refractivity contribution in [3.63, 3.8) is 0 Å². The molecule has 4 heteroatoms. The summed E-state index contributed by atoms with van der Waals surface area (Å²) in [5.41, 5.74) is 13.4. The first-order valence-corrected chi connectivity index (χ1v) is 8.58. The fourth-order valence-electron chi connectivity index (χ4n) is 2.92. The third kappa shape index (κ3) is 3.59. The number of carbonyl (C=O) groups is 1. The Morgan fingerprint density at radius 3 is 2.15 bits per heavy atom. The number of nitrogens with zero attached hydrogens (tertiary/aromatic N) is 1. The predicted molar refractivity (Wildman–Crippen MR) is 107 cm³/mol. The summed E-state index contributed by atoms with van der Waals surface area (Å²) in [7, 11) is 0. The van der Waals surface area contributed by atoms with Crippen LogP contribution in [0.15, 0.2) is 48.5 Å². The van der Waals surface area contributed by atoms with Crippen LogP contribution in [-0.2, 0) is 0 Å². The molecule has 0 aliphatic carbocycles. The largest absolute Gasteiger partial charge is 0.383 e. The molecule has 1 amide bonds. The minimum atomic E-state index is -0.202. The fraction of sp³-hybridized carbons (Fsp3) is 0.182. The Hall–Kier alpha value is -3.14. The van der Waals surface area contributed by atoms with Gasteiger partial charge in [-0.2, -0.15) is 0 Å². The number of nitrogens with two attached hydrogens (primary N) is 1. The van der Waals surface area contributed by atoms with E-state index < -0.39 is 0 Å². The lowest BCUT2D eigenvalue weighted by atomic mass is 9.96. The topological polar surface area (TPSA) is 68.0 Å². The molecule has 0 radical (unpaired) electrons. The SMILES string of the molecule is Cc1ccc(C(=O)Nc2ccc(-c3cc(C)c(C)cc3C)c(N)n2)cc1. The third-order valence-electron chi connectivity index (χ3n) is 4.61. The van der Waals surface area contributed by atoms with Gasteiger partial charge in [-0.05, 0) is 74.2 Å². The quantitative estimate of drug-likeness (QED) is 0.715. The molecule has 2 aromatic carbocycles. The van der Waals surface area contributed by atoms with Crippen LogP contribution in [0.2, 0.25) is 0 Å². The molecule has 3 aromatic rings. The average Bonchev–Trinajstić information content (AvgIpc) is 2.59. The molecule has 0 spiro atoms. The van der Waals surface area contributed by atoms with Crippen molar-refractivity contribution in [2.24, 2.45) is 0 Å². The number of amides is 1. The van der Waals surface area contributed by atoms with Gasteiger partial charge in [0.25, 0.3) is 5.91 Å². The van der Waals surface area contributed by atoms with Gasteiger partial charge in [-0.25, -0.2) is 4.98 Å². The van der Waals surface area contributed by atoms with Crippen molar-refractivity contribution in [3.05, 3.63) is 76.3 Å². The van der Waals surface area contributed by atoms with Gasteiger partial charge >= 0.3 is 0 Å². The number of anilines is 2. The second kappa shape index (κ2) is 7.00. The molecule has 0 unspecified atom stereocenters. The molecule has 26 heavy (non-hydrogen) atoms. The first kappa shape index (κ1) is 17.7. The number of pyridine rings is 1. The summed E-state index contributed by atoms with van der Waals surface area (Å²) >= 11 is 0. The smallest absolute Gasteiger partial charge is 0.256 e. The number of aryl methyl sites for hydroxylation is 4. The Kier molecular flexibility index (Phi) is 4.76. The summed E-state index contributed by atoms with van der Waals surface area (Å²) in [4.78, 5) is 16.7. The van der Waals surface area contributed by atoms with E-state index in [9.17, 15) is 4.79 Å². The van der Waals surface area contributed by atoms with Crippen molar-refractivity contribution in [2.75, 3.05) is 11.1 Å². The lowest BCUT2D eigenvalue weighted by molar-refractivity contribution is 0.102. The zero-order valence-corrected chi connectivity index (χ0v) is 15.6. The van der Waals surface area contributed by atoms with Crippen LogP contribution >= 0.6 is 0 Å². The van der Waals surface area contributed by atoms with Crippen LogP contribution in [0.3, 0.4) is 0 Å². The van der Waals surface area contributed by atoms with Crippen LogP contribution in [0, 0.1) is 27.7 Å². The first-order valence-electron chi connectivity index (χ1n) is 8.58. The molecule has 3 N–H and O–H groups in total. The summed E-state index contributed by atoms with van der Waals surface area (Å²) in [5, 5.41) is 2.80. The van der Waals surface area contributed by atoms with E-state index in [0.29, 0.717) is 17.2 Å². The summed E-state index contributed by atoms with van der Waals surface area (Å²) in [6.45, 7) is 8.22. The lowest BCUT2D eigenvalue weighted by Gasteiger charge is -2.13. The minimum Gasteiger partial charge on any atom is -0.383 e. The number of hydrogen-bond donors (Lipinski definition) is 2. The highest BCUT2D eigenvalue weighted by Gasteiger charge is 2.12. The van der Waals surface area contributed by atoms with E-state index in [1.807, 2.05) is 25.1 Å². The second-order valence-electron chi connectivity index (χ2n) is 6.70. The Morgan fingerprint density at radius 1 is 0.846 bits per heavy atom. The Balaban J connectivity index is 1.87. The number of carbonyl (C=O) groups excluding carboxylic acids is 1. The molecule has 0 fully saturated rings. The van der Waals surface area contributed by atoms with Gasteiger partial charge in [-0.15, -0.1) is 0 Å². The van der Waals surface area contributed by atoms with Gasteiger partial charge in [0.05, 0.1) is 0 Å². The highest BCUT2D eigenvalue weighted by molar-refractivity contribution is 6.04. The van der Waals surface area contributed by atoms with Crippen molar-refractivity contribution in [1.29, 1.82) is 0 Å². The van der Waals surface area contributed by atoms with Gasteiger partial charge in [-0.3, -0.25) is 4.79 Å². The summed E-state index contributed by atoms with van der Waals surface area (Å²) in [6.07, 6.45) is 0. The van der Waals surface area contributed by atoms with Crippen molar-refractivity contribution in [2.45, 2.75) is 27.7 Å². The molecule has 0 saturated heterocycles. The third-order valence-corrected chi connectivity index (χ3v) is 4.61. The molecule has 4 nitrogen and oxygen atoms in total. The molecule has 3 rings (SSSR count). The fourth-order valence-corrected chi connectivity index (χ4v) is 2.92. The van der Waals surface area contributed by atoms with E-state index >= 15 is 0 Å². The number of benzene rings is 2. The number of aromatic nitrogens is 1. The molecular formula is C22H23N3O. The van der Waals surface area contributed by atoms with Crippen molar-refractivity contribution < 1.29 is 4.79 Å². The van der Waals surface area contributed by atoms with E-state index in [1.54, 1.807) is 18.2 Å². The molecule has 132 valence electrons. The van der Waals surface area contributed by atoms with E-state index in [-0.39, 0.29) is 5.91 Å². The molecule has 0 saturated carbocycles. The van der Waals surface area contributed by atoms with Gasteiger partial charge in [0.1, 0.15) is 11.6 Å². The van der Waals surface area contributed by atoms with Gasteiger partial charge in [0.15, 0.2) is 0 Å². The monoisotopic (exact) mass is 345 g/mol. The van der Waals surface area contributed by atoms with Gasteiger partial charge < -0.3 is 11.1 Å². The minimum absolute atomic E-state index is 0.202. The Morgan fingerprint density at radius 2 is 1.50 bits per heavy atom. The van der Waals surface area contributed by atoms with Crippen LogP contribution in [0.4, 0.5) is 11.6 Å². The van der Waals surface area contributed by atoms with Crippen LogP contribution in [0.1, 0.15) is 32.6 Å². The van der Waals surface area contributed by atoms with Gasteiger partial charge in [-0.1, -0.05) is 29.8 Å². The maximum atomic E-state index is 12.3. The van der Waals surface area contributed by atoms with E-state index in [1.165, 1.54) is 11.1 Å². The summed E-state index contributed by atoms with van der Waals surface area (Å²) in [5.74, 6) is 0.642. The number of nitrogens with one attached hydrogen (secondary N) is 1. The van der Waals surface area contributed by atoms with Gasteiger partial charge in [0.2, 0.25) is 0 Å². The highest BCUT2D eigenvalue weighted by atomic mass is 16.1. The molecule has 0 atom stereocenters. The summed E-state index contributed by atoms with van der Waals surface area (Å²) in [6, 6.07) is 15.4. The predicted octanol–water partition coefficient (Wildman–Crippen LogP) is 4.82. The van der Waals surface area contributed by atoms with Crippen molar-refractivity contribution in [3.8, 4) is 11.1 Å². The molecule has 1 aromatic heterocycles. The van der Waals surface area contributed by atoms with Crippen LogP contribution in [0.25, 0.3) is 11.1 Å². The molecule has 0 aliphatic heterocycles. The average molecular weight is 345 g/mol. The van der Waals surface area contributed by atoms with Crippen molar-refractivity contribution >= 4 is 17.5 Å². The van der Waals surface area contributed by atoms with Gasteiger partial charge in [0, 0.05) is 11.1 Å². The zero-order valence-electron chi connectivity index (χ0n) is 15.6. The van der Waals surface area contributed by atoms with Crippen LogP contribution in [-0.4, -0.2) is 10.9 Å². The zero-order chi connectivity index (χ0) is 18.8. The van der Waals surface area contributed by atoms with E-state index in [4.69, 9.17) is 5.73 Å². The van der Waals surface area contributed by atoms with Crippen molar-refractivity contribution in [1.82, 2.24) is 4.98 Å².